The van der Waals surface area contributed by atoms with Gasteiger partial charge in [-0.2, -0.15) is 0 Å². The van der Waals surface area contributed by atoms with Crippen LogP contribution in [0.3, 0.4) is 0 Å². The summed E-state index contributed by atoms with van der Waals surface area (Å²) in [5.74, 6) is 0. The molecule has 2 aromatic rings. The topological polar surface area (TPSA) is 52.5 Å². The van der Waals surface area contributed by atoms with Gasteiger partial charge in [-0.1, -0.05) is 17.8 Å². The van der Waals surface area contributed by atoms with Gasteiger partial charge >= 0.3 is 0 Å². The Hall–Kier alpha value is -1.04. The lowest BCUT2D eigenvalue weighted by Gasteiger charge is -2.13. The van der Waals surface area contributed by atoms with Crippen molar-refractivity contribution in [1.82, 2.24) is 9.38 Å². The summed E-state index contributed by atoms with van der Waals surface area (Å²) in [5.41, 5.74) is 8.22. The van der Waals surface area contributed by atoms with E-state index in [1.165, 1.54) is 5.69 Å². The summed E-state index contributed by atoms with van der Waals surface area (Å²) >= 11 is 1.84. The molecular weight excluding hydrogens is 270 g/mol. The molecule has 2 aromatic heterocycles. The molecule has 1 aliphatic rings. The van der Waals surface area contributed by atoms with E-state index in [1.54, 1.807) is 0 Å². The van der Waals surface area contributed by atoms with Crippen LogP contribution in [0, 0.1) is 0 Å². The van der Waals surface area contributed by atoms with Crippen LogP contribution in [0.5, 0.6) is 0 Å². The molecule has 5 heteroatoms. The number of hydrogen-bond acceptors (Lipinski definition) is 4. The van der Waals surface area contributed by atoms with E-state index in [0.29, 0.717) is 11.4 Å². The van der Waals surface area contributed by atoms with Crippen molar-refractivity contribution < 1.29 is 4.74 Å². The van der Waals surface area contributed by atoms with E-state index in [9.17, 15) is 0 Å². The van der Waals surface area contributed by atoms with Crippen molar-refractivity contribution in [2.45, 2.75) is 49.1 Å². The summed E-state index contributed by atoms with van der Waals surface area (Å²) in [6, 6.07) is 6.23. The highest BCUT2D eigenvalue weighted by Crippen LogP contribution is 2.34. The quantitative estimate of drug-likeness (QED) is 0.940. The predicted molar refractivity (Wildman–Crippen MR) is 82.2 cm³/mol. The Morgan fingerprint density at radius 1 is 1.55 bits per heavy atom. The molecule has 3 heterocycles. The van der Waals surface area contributed by atoms with Crippen molar-refractivity contribution in [2.24, 2.45) is 5.73 Å². The summed E-state index contributed by atoms with van der Waals surface area (Å²) in [7, 11) is 0. The molecule has 2 N–H and O–H groups in total. The molecule has 0 saturated carbocycles. The van der Waals surface area contributed by atoms with E-state index in [0.717, 1.165) is 30.1 Å². The Balaban J connectivity index is 1.95. The van der Waals surface area contributed by atoms with Gasteiger partial charge in [0.25, 0.3) is 0 Å². The fraction of sp³-hybridized carbons (Fsp3) is 0.533. The second-order valence-electron chi connectivity index (χ2n) is 5.49. The maximum atomic E-state index is 6.00. The van der Waals surface area contributed by atoms with E-state index in [1.807, 2.05) is 36.9 Å². The minimum Gasteiger partial charge on any atom is -0.377 e. The number of thioether (sulfide) groups is 1. The molecule has 0 aliphatic carbocycles. The average Bonchev–Trinajstić information content (AvgIpc) is 2.96. The summed E-state index contributed by atoms with van der Waals surface area (Å²) in [5, 5.41) is 1.60. The van der Waals surface area contributed by atoms with Gasteiger partial charge in [-0.05, 0) is 32.4 Å². The number of nitrogens with zero attached hydrogens (tertiary/aromatic N) is 2. The first kappa shape index (κ1) is 13.9. The fourth-order valence-electron chi connectivity index (χ4n) is 2.62. The molecule has 0 bridgehead atoms. The van der Waals surface area contributed by atoms with Crippen LogP contribution in [0.4, 0.5) is 0 Å². The summed E-state index contributed by atoms with van der Waals surface area (Å²) in [6.07, 6.45) is 4.30. The molecule has 3 rings (SSSR count). The number of pyridine rings is 1. The molecule has 1 fully saturated rings. The van der Waals surface area contributed by atoms with Gasteiger partial charge in [-0.3, -0.25) is 0 Å². The number of hydrogen-bond donors (Lipinski definition) is 1. The lowest BCUT2D eigenvalue weighted by Crippen LogP contribution is -2.20. The Bertz CT molecular complexity index is 596. The smallest absolute Gasteiger partial charge is 0.138 e. The first-order chi connectivity index (χ1) is 9.65. The highest BCUT2D eigenvalue weighted by atomic mass is 32.2. The van der Waals surface area contributed by atoms with E-state index in [2.05, 4.69) is 17.5 Å². The van der Waals surface area contributed by atoms with Crippen molar-refractivity contribution in [3.8, 4) is 0 Å². The molecule has 0 spiro atoms. The van der Waals surface area contributed by atoms with E-state index >= 15 is 0 Å². The first-order valence-electron chi connectivity index (χ1n) is 7.15. The largest absolute Gasteiger partial charge is 0.377 e. The lowest BCUT2D eigenvalue weighted by atomic mass is 10.2. The molecular formula is C15H21N3OS. The lowest BCUT2D eigenvalue weighted by molar-refractivity contribution is 0.127. The number of ether oxygens (including phenoxy) is 1. The van der Waals surface area contributed by atoms with Crippen LogP contribution in [-0.2, 0) is 11.2 Å². The van der Waals surface area contributed by atoms with Gasteiger partial charge in [0.2, 0.25) is 0 Å². The van der Waals surface area contributed by atoms with Crippen LogP contribution >= 0.6 is 11.8 Å². The minimum absolute atomic E-state index is 0.131. The second-order valence-corrected chi connectivity index (χ2v) is 6.72. The maximum Gasteiger partial charge on any atom is 0.138 e. The zero-order chi connectivity index (χ0) is 14.1. The van der Waals surface area contributed by atoms with Gasteiger partial charge in [0.05, 0.1) is 11.8 Å². The second kappa shape index (κ2) is 5.76. The Kier molecular flexibility index (Phi) is 4.01. The summed E-state index contributed by atoms with van der Waals surface area (Å²) in [6.45, 7) is 5.04. The highest BCUT2D eigenvalue weighted by molar-refractivity contribution is 8.00. The number of rotatable bonds is 4. The minimum atomic E-state index is 0.131. The molecule has 3 unspecified atom stereocenters. The van der Waals surface area contributed by atoms with E-state index in [-0.39, 0.29) is 6.04 Å². The van der Waals surface area contributed by atoms with Crippen LogP contribution in [0.2, 0.25) is 0 Å². The number of nitrogens with two attached hydrogens (primary N) is 1. The summed E-state index contributed by atoms with van der Waals surface area (Å²) in [4.78, 5) is 4.78. The molecule has 1 aliphatic heterocycles. The standard InChI is InChI=1S/C15H21N3OS/c1-10(16)9-12-15(20-13-6-8-19-11(13)2)17-14-5-3-4-7-18(12)14/h3-5,7,10-11,13H,6,8-9,16H2,1-2H3. The Labute approximate surface area is 123 Å². The number of aromatic nitrogens is 2. The van der Waals surface area contributed by atoms with Gasteiger partial charge in [-0.15, -0.1) is 0 Å². The molecule has 0 radical (unpaired) electrons. The predicted octanol–water partition coefficient (Wildman–Crippen LogP) is 2.49. The van der Waals surface area contributed by atoms with Gasteiger partial charge in [-0.25, -0.2) is 4.98 Å². The van der Waals surface area contributed by atoms with Gasteiger partial charge in [0.15, 0.2) is 0 Å². The van der Waals surface area contributed by atoms with Crippen LogP contribution in [-0.4, -0.2) is 33.4 Å². The molecule has 1 saturated heterocycles. The van der Waals surface area contributed by atoms with Crippen molar-refractivity contribution in [3.63, 3.8) is 0 Å². The molecule has 108 valence electrons. The summed E-state index contributed by atoms with van der Waals surface area (Å²) < 4.78 is 7.81. The van der Waals surface area contributed by atoms with Crippen LogP contribution in [0.1, 0.15) is 26.0 Å². The third kappa shape index (κ3) is 2.71. The highest BCUT2D eigenvalue weighted by Gasteiger charge is 2.27. The van der Waals surface area contributed by atoms with Gasteiger partial charge in [0.1, 0.15) is 10.7 Å². The third-order valence-corrected chi connectivity index (χ3v) is 5.15. The fourth-order valence-corrected chi connectivity index (χ4v) is 3.86. The first-order valence-corrected chi connectivity index (χ1v) is 8.03. The number of fused-ring (bicyclic) bond motifs is 1. The molecule has 0 aromatic carbocycles. The van der Waals surface area contributed by atoms with Gasteiger partial charge < -0.3 is 14.9 Å². The van der Waals surface area contributed by atoms with Crippen molar-refractivity contribution in [1.29, 1.82) is 0 Å². The zero-order valence-corrected chi connectivity index (χ0v) is 12.8. The van der Waals surface area contributed by atoms with Crippen LogP contribution < -0.4 is 5.73 Å². The molecule has 0 amide bonds. The van der Waals surface area contributed by atoms with Crippen molar-refractivity contribution in [2.75, 3.05) is 6.61 Å². The Morgan fingerprint density at radius 3 is 3.10 bits per heavy atom. The van der Waals surface area contributed by atoms with Crippen LogP contribution in [0.15, 0.2) is 29.4 Å². The maximum absolute atomic E-state index is 6.00. The number of imidazole rings is 1. The SMILES string of the molecule is CC(N)Cc1c(SC2CCOC2C)nc2ccccn12. The van der Waals surface area contributed by atoms with Crippen molar-refractivity contribution in [3.05, 3.63) is 30.1 Å². The molecule has 4 nitrogen and oxygen atoms in total. The van der Waals surface area contributed by atoms with Crippen molar-refractivity contribution >= 4 is 17.4 Å². The van der Waals surface area contributed by atoms with E-state index < -0.39 is 0 Å². The van der Waals surface area contributed by atoms with Gasteiger partial charge in [0, 0.05) is 30.5 Å². The molecule has 20 heavy (non-hydrogen) atoms. The zero-order valence-electron chi connectivity index (χ0n) is 12.0. The van der Waals surface area contributed by atoms with E-state index in [4.69, 9.17) is 15.5 Å². The monoisotopic (exact) mass is 291 g/mol. The normalized spacial score (nSPS) is 24.4. The molecule has 3 atom stereocenters. The third-order valence-electron chi connectivity index (χ3n) is 3.68. The van der Waals surface area contributed by atoms with Crippen LogP contribution in [0.25, 0.3) is 5.65 Å². The Morgan fingerprint density at radius 2 is 2.40 bits per heavy atom. The average molecular weight is 291 g/mol.